The molecule has 0 unspecified atom stereocenters. The topological polar surface area (TPSA) is 18.5 Å². The van der Waals surface area contributed by atoms with Gasteiger partial charge in [-0.3, -0.25) is 0 Å². The first-order valence-electron chi connectivity index (χ1n) is 6.48. The van der Waals surface area contributed by atoms with Crippen molar-refractivity contribution >= 4 is 0 Å². The maximum atomic E-state index is 5.73. The molecule has 1 saturated heterocycles. The summed E-state index contributed by atoms with van der Waals surface area (Å²) in [6.07, 6.45) is 7.67. The van der Waals surface area contributed by atoms with Gasteiger partial charge in [0, 0.05) is 12.0 Å². The van der Waals surface area contributed by atoms with Gasteiger partial charge in [0.15, 0.2) is 0 Å². The molecule has 1 aliphatic heterocycles. The summed E-state index contributed by atoms with van der Waals surface area (Å²) >= 11 is 0. The Bertz CT molecular complexity index is 153. The fourth-order valence-corrected chi connectivity index (χ4v) is 1.98. The van der Waals surface area contributed by atoms with E-state index in [9.17, 15) is 0 Å². The summed E-state index contributed by atoms with van der Waals surface area (Å²) in [5, 5.41) is 0. The highest BCUT2D eigenvalue weighted by Crippen LogP contribution is 2.33. The van der Waals surface area contributed by atoms with Gasteiger partial charge >= 0.3 is 0 Å². The summed E-state index contributed by atoms with van der Waals surface area (Å²) in [7, 11) is 0. The summed E-state index contributed by atoms with van der Waals surface area (Å²) in [5.74, 6) is 0. The van der Waals surface area contributed by atoms with Crippen LogP contribution in [-0.2, 0) is 9.47 Å². The average Bonchev–Trinajstić information content (AvgIpc) is 2.19. The highest BCUT2D eigenvalue weighted by Gasteiger charge is 2.38. The second kappa shape index (κ2) is 7.24. The van der Waals surface area contributed by atoms with E-state index in [1.54, 1.807) is 0 Å². The van der Waals surface area contributed by atoms with Crippen molar-refractivity contribution in [3.05, 3.63) is 0 Å². The van der Waals surface area contributed by atoms with Crippen molar-refractivity contribution < 1.29 is 9.47 Å². The Morgan fingerprint density at radius 1 is 1.07 bits per heavy atom. The molecule has 2 heteroatoms. The van der Waals surface area contributed by atoms with Crippen LogP contribution in [-0.4, -0.2) is 26.4 Å². The van der Waals surface area contributed by atoms with E-state index in [0.29, 0.717) is 5.41 Å². The number of hydrogen-bond donors (Lipinski definition) is 0. The molecule has 1 fully saturated rings. The number of ether oxygens (including phenoxy) is 2. The molecule has 0 radical (unpaired) electrons. The maximum Gasteiger partial charge on any atom is 0.0567 e. The van der Waals surface area contributed by atoms with Crippen LogP contribution in [0.2, 0.25) is 0 Å². The van der Waals surface area contributed by atoms with Gasteiger partial charge < -0.3 is 9.47 Å². The van der Waals surface area contributed by atoms with Gasteiger partial charge in [0.25, 0.3) is 0 Å². The molecule has 1 heterocycles. The summed E-state index contributed by atoms with van der Waals surface area (Å²) in [5.41, 5.74) is 0.378. The maximum absolute atomic E-state index is 5.73. The minimum Gasteiger partial charge on any atom is -0.381 e. The van der Waals surface area contributed by atoms with Crippen molar-refractivity contribution in [3.8, 4) is 0 Å². The molecule has 2 nitrogen and oxygen atoms in total. The van der Waals surface area contributed by atoms with E-state index in [2.05, 4.69) is 13.8 Å². The van der Waals surface area contributed by atoms with Crippen LogP contribution in [0.25, 0.3) is 0 Å². The lowest BCUT2D eigenvalue weighted by Gasteiger charge is -2.41. The third kappa shape index (κ3) is 4.52. The number of hydrogen-bond acceptors (Lipinski definition) is 2. The van der Waals surface area contributed by atoms with Crippen molar-refractivity contribution in [3.63, 3.8) is 0 Å². The van der Waals surface area contributed by atoms with Crippen LogP contribution in [0.1, 0.15) is 52.4 Å². The first-order chi connectivity index (χ1) is 7.33. The lowest BCUT2D eigenvalue weighted by atomic mass is 9.81. The van der Waals surface area contributed by atoms with E-state index in [0.717, 1.165) is 26.4 Å². The minimum atomic E-state index is 0.378. The molecule has 0 atom stereocenters. The third-order valence-electron chi connectivity index (χ3n) is 3.18. The molecule has 0 aromatic rings. The minimum absolute atomic E-state index is 0.378. The first-order valence-corrected chi connectivity index (χ1v) is 6.48. The molecular formula is C13H26O2. The normalized spacial score (nSPS) is 18.8. The molecule has 0 spiro atoms. The molecule has 0 N–H and O–H groups in total. The number of unbranched alkanes of at least 4 members (excludes halogenated alkanes) is 3. The average molecular weight is 214 g/mol. The third-order valence-corrected chi connectivity index (χ3v) is 3.18. The SMILES string of the molecule is CCCCCC1(COCCCC)COC1. The van der Waals surface area contributed by atoms with E-state index >= 15 is 0 Å². The molecule has 0 bridgehead atoms. The zero-order chi connectivity index (χ0) is 11.0. The van der Waals surface area contributed by atoms with Crippen molar-refractivity contribution in [1.82, 2.24) is 0 Å². The molecule has 15 heavy (non-hydrogen) atoms. The highest BCUT2D eigenvalue weighted by atomic mass is 16.5. The zero-order valence-corrected chi connectivity index (χ0v) is 10.4. The molecule has 0 aromatic heterocycles. The van der Waals surface area contributed by atoms with Gasteiger partial charge in [0.2, 0.25) is 0 Å². The highest BCUT2D eigenvalue weighted by molar-refractivity contribution is 4.85. The Balaban J connectivity index is 2.09. The second-order valence-corrected chi connectivity index (χ2v) is 4.86. The molecule has 1 aliphatic rings. The molecule has 0 aromatic carbocycles. The Kier molecular flexibility index (Phi) is 6.26. The van der Waals surface area contributed by atoms with E-state index in [1.807, 2.05) is 0 Å². The summed E-state index contributed by atoms with van der Waals surface area (Å²) in [6.45, 7) is 8.13. The zero-order valence-electron chi connectivity index (χ0n) is 10.4. The van der Waals surface area contributed by atoms with Crippen LogP contribution >= 0.6 is 0 Å². The lowest BCUT2D eigenvalue weighted by Crippen LogP contribution is -2.46. The Labute approximate surface area is 94.3 Å². The van der Waals surface area contributed by atoms with E-state index in [1.165, 1.54) is 38.5 Å². The van der Waals surface area contributed by atoms with Gasteiger partial charge in [0.1, 0.15) is 0 Å². The molecule has 0 aliphatic carbocycles. The molecule has 0 amide bonds. The van der Waals surface area contributed by atoms with Crippen LogP contribution in [0.15, 0.2) is 0 Å². The van der Waals surface area contributed by atoms with Crippen LogP contribution in [0.5, 0.6) is 0 Å². The Morgan fingerprint density at radius 2 is 1.80 bits per heavy atom. The summed E-state index contributed by atoms with van der Waals surface area (Å²) in [6, 6.07) is 0. The smallest absolute Gasteiger partial charge is 0.0567 e. The molecule has 0 saturated carbocycles. The van der Waals surface area contributed by atoms with E-state index in [4.69, 9.17) is 9.47 Å². The van der Waals surface area contributed by atoms with E-state index < -0.39 is 0 Å². The van der Waals surface area contributed by atoms with Gasteiger partial charge in [0.05, 0.1) is 19.8 Å². The van der Waals surface area contributed by atoms with Crippen molar-refractivity contribution in [2.24, 2.45) is 5.41 Å². The quantitative estimate of drug-likeness (QED) is 0.548. The summed E-state index contributed by atoms with van der Waals surface area (Å²) < 4.78 is 11.1. The van der Waals surface area contributed by atoms with Crippen LogP contribution in [0.4, 0.5) is 0 Å². The molecule has 1 rings (SSSR count). The van der Waals surface area contributed by atoms with Crippen molar-refractivity contribution in [1.29, 1.82) is 0 Å². The van der Waals surface area contributed by atoms with Crippen LogP contribution in [0, 0.1) is 5.41 Å². The fraction of sp³-hybridized carbons (Fsp3) is 1.00. The monoisotopic (exact) mass is 214 g/mol. The lowest BCUT2D eigenvalue weighted by molar-refractivity contribution is -0.153. The van der Waals surface area contributed by atoms with Gasteiger partial charge in [-0.15, -0.1) is 0 Å². The second-order valence-electron chi connectivity index (χ2n) is 4.86. The van der Waals surface area contributed by atoms with Crippen LogP contribution < -0.4 is 0 Å². The summed E-state index contributed by atoms with van der Waals surface area (Å²) in [4.78, 5) is 0. The predicted octanol–water partition coefficient (Wildman–Crippen LogP) is 3.40. The molecular weight excluding hydrogens is 188 g/mol. The van der Waals surface area contributed by atoms with Crippen LogP contribution in [0.3, 0.4) is 0 Å². The number of rotatable bonds is 9. The van der Waals surface area contributed by atoms with Gasteiger partial charge in [-0.2, -0.15) is 0 Å². The van der Waals surface area contributed by atoms with Gasteiger partial charge in [-0.1, -0.05) is 39.5 Å². The predicted molar refractivity (Wildman–Crippen MR) is 63.1 cm³/mol. The largest absolute Gasteiger partial charge is 0.381 e. The van der Waals surface area contributed by atoms with Gasteiger partial charge in [-0.05, 0) is 12.8 Å². The van der Waals surface area contributed by atoms with E-state index in [-0.39, 0.29) is 0 Å². The molecule has 90 valence electrons. The van der Waals surface area contributed by atoms with Crippen molar-refractivity contribution in [2.45, 2.75) is 52.4 Å². The van der Waals surface area contributed by atoms with Gasteiger partial charge in [-0.25, -0.2) is 0 Å². The Morgan fingerprint density at radius 3 is 2.33 bits per heavy atom. The van der Waals surface area contributed by atoms with Crippen molar-refractivity contribution in [2.75, 3.05) is 26.4 Å². The fourth-order valence-electron chi connectivity index (χ4n) is 1.98. The standard InChI is InChI=1S/C13H26O2/c1-3-5-7-8-13(11-15-12-13)10-14-9-6-4-2/h3-12H2,1-2H3. The first kappa shape index (κ1) is 13.0. The Hall–Kier alpha value is -0.0800.